The third kappa shape index (κ3) is 4.58. The SMILES string of the molecule is CC(NC(=O)c1ccco1)C(=O)N1CCNCC1c1cccc(Cl)c1.Cl. The van der Waals surface area contributed by atoms with Gasteiger partial charge in [-0.1, -0.05) is 23.7 Å². The first-order chi connectivity index (χ1) is 12.1. The van der Waals surface area contributed by atoms with Crippen molar-refractivity contribution >= 4 is 35.8 Å². The molecule has 0 bridgehead atoms. The maximum absolute atomic E-state index is 12.9. The van der Waals surface area contributed by atoms with Gasteiger partial charge in [0.1, 0.15) is 6.04 Å². The van der Waals surface area contributed by atoms with Gasteiger partial charge in [-0.15, -0.1) is 12.4 Å². The molecule has 8 heteroatoms. The molecule has 2 atom stereocenters. The minimum Gasteiger partial charge on any atom is -0.459 e. The van der Waals surface area contributed by atoms with E-state index in [2.05, 4.69) is 10.6 Å². The highest BCUT2D eigenvalue weighted by Gasteiger charge is 2.31. The van der Waals surface area contributed by atoms with Crippen LogP contribution in [0.25, 0.3) is 0 Å². The van der Waals surface area contributed by atoms with Crippen molar-refractivity contribution in [2.75, 3.05) is 19.6 Å². The second-order valence-electron chi connectivity index (χ2n) is 5.98. The summed E-state index contributed by atoms with van der Waals surface area (Å²) in [7, 11) is 0. The van der Waals surface area contributed by atoms with Crippen LogP contribution in [0.1, 0.15) is 29.1 Å². The largest absolute Gasteiger partial charge is 0.459 e. The zero-order chi connectivity index (χ0) is 17.8. The van der Waals surface area contributed by atoms with Crippen LogP contribution in [0, 0.1) is 0 Å². The van der Waals surface area contributed by atoms with E-state index in [0.717, 1.165) is 5.56 Å². The molecule has 1 aromatic carbocycles. The van der Waals surface area contributed by atoms with Gasteiger partial charge in [-0.2, -0.15) is 0 Å². The first-order valence-electron chi connectivity index (χ1n) is 8.17. The zero-order valence-electron chi connectivity index (χ0n) is 14.3. The van der Waals surface area contributed by atoms with Gasteiger partial charge in [-0.25, -0.2) is 0 Å². The molecule has 3 rings (SSSR count). The highest BCUT2D eigenvalue weighted by Crippen LogP contribution is 2.25. The van der Waals surface area contributed by atoms with Crippen molar-refractivity contribution in [2.45, 2.75) is 19.0 Å². The average molecular weight is 398 g/mol. The average Bonchev–Trinajstić information content (AvgIpc) is 3.16. The van der Waals surface area contributed by atoms with E-state index in [1.54, 1.807) is 30.0 Å². The molecule has 26 heavy (non-hydrogen) atoms. The van der Waals surface area contributed by atoms with Gasteiger partial charge in [0.05, 0.1) is 12.3 Å². The number of amides is 2. The lowest BCUT2D eigenvalue weighted by Crippen LogP contribution is -2.54. The summed E-state index contributed by atoms with van der Waals surface area (Å²) in [5, 5.41) is 6.63. The Morgan fingerprint density at radius 3 is 2.85 bits per heavy atom. The Hall–Kier alpha value is -2.02. The Morgan fingerprint density at radius 1 is 1.35 bits per heavy atom. The van der Waals surface area contributed by atoms with Crippen LogP contribution >= 0.6 is 24.0 Å². The normalized spacial score (nSPS) is 17.9. The van der Waals surface area contributed by atoms with Crippen LogP contribution in [0.15, 0.2) is 47.1 Å². The molecular weight excluding hydrogens is 377 g/mol. The lowest BCUT2D eigenvalue weighted by molar-refractivity contribution is -0.136. The number of nitrogens with one attached hydrogen (secondary N) is 2. The third-order valence-corrected chi connectivity index (χ3v) is 4.46. The quantitative estimate of drug-likeness (QED) is 0.831. The van der Waals surface area contributed by atoms with Gasteiger partial charge in [0.2, 0.25) is 5.91 Å². The number of piperazine rings is 1. The van der Waals surface area contributed by atoms with E-state index in [1.807, 2.05) is 18.2 Å². The monoisotopic (exact) mass is 397 g/mol. The van der Waals surface area contributed by atoms with Crippen molar-refractivity contribution in [1.29, 1.82) is 0 Å². The fraction of sp³-hybridized carbons (Fsp3) is 0.333. The number of benzene rings is 1. The third-order valence-electron chi connectivity index (χ3n) is 4.22. The molecule has 2 unspecified atom stereocenters. The number of rotatable bonds is 4. The summed E-state index contributed by atoms with van der Waals surface area (Å²) in [5.74, 6) is -0.349. The number of carbonyl (C=O) groups excluding carboxylic acids is 2. The van der Waals surface area contributed by atoms with E-state index >= 15 is 0 Å². The minimum atomic E-state index is -0.655. The smallest absolute Gasteiger partial charge is 0.287 e. The van der Waals surface area contributed by atoms with E-state index in [1.165, 1.54) is 6.26 Å². The van der Waals surface area contributed by atoms with Crippen molar-refractivity contribution in [2.24, 2.45) is 0 Å². The van der Waals surface area contributed by atoms with Crippen LogP contribution in [0.3, 0.4) is 0 Å². The Balaban J connectivity index is 0.00000243. The van der Waals surface area contributed by atoms with Crippen molar-refractivity contribution in [3.63, 3.8) is 0 Å². The molecule has 1 fully saturated rings. The van der Waals surface area contributed by atoms with Crippen LogP contribution in [0.5, 0.6) is 0 Å². The van der Waals surface area contributed by atoms with Gasteiger partial charge in [0.25, 0.3) is 5.91 Å². The highest BCUT2D eigenvalue weighted by atomic mass is 35.5. The summed E-state index contributed by atoms with van der Waals surface area (Å²) >= 11 is 6.09. The lowest BCUT2D eigenvalue weighted by atomic mass is 10.0. The zero-order valence-corrected chi connectivity index (χ0v) is 15.8. The molecule has 0 saturated carbocycles. The first kappa shape index (κ1) is 20.3. The Kier molecular flexibility index (Phi) is 7.08. The number of hydrogen-bond donors (Lipinski definition) is 2. The lowest BCUT2D eigenvalue weighted by Gasteiger charge is -2.38. The fourth-order valence-electron chi connectivity index (χ4n) is 2.97. The fourth-order valence-corrected chi connectivity index (χ4v) is 3.16. The van der Waals surface area contributed by atoms with E-state index in [9.17, 15) is 9.59 Å². The van der Waals surface area contributed by atoms with Crippen molar-refractivity contribution in [3.8, 4) is 0 Å². The van der Waals surface area contributed by atoms with Gasteiger partial charge in [0.15, 0.2) is 5.76 Å². The van der Waals surface area contributed by atoms with Crippen LogP contribution < -0.4 is 10.6 Å². The maximum Gasteiger partial charge on any atom is 0.287 e. The molecule has 2 N–H and O–H groups in total. The Labute approximate surface area is 163 Å². The van der Waals surface area contributed by atoms with Gasteiger partial charge < -0.3 is 20.0 Å². The topological polar surface area (TPSA) is 74.6 Å². The van der Waals surface area contributed by atoms with Gasteiger partial charge in [0, 0.05) is 24.7 Å². The molecule has 1 aliphatic rings. The number of carbonyl (C=O) groups is 2. The first-order valence-corrected chi connectivity index (χ1v) is 8.55. The van der Waals surface area contributed by atoms with Gasteiger partial charge in [-0.05, 0) is 36.8 Å². The molecule has 1 aliphatic heterocycles. The summed E-state index contributed by atoms with van der Waals surface area (Å²) in [6.07, 6.45) is 1.42. The summed E-state index contributed by atoms with van der Waals surface area (Å²) in [4.78, 5) is 26.8. The van der Waals surface area contributed by atoms with Gasteiger partial charge >= 0.3 is 0 Å². The van der Waals surface area contributed by atoms with E-state index < -0.39 is 11.9 Å². The molecule has 6 nitrogen and oxygen atoms in total. The van der Waals surface area contributed by atoms with Crippen molar-refractivity contribution < 1.29 is 14.0 Å². The Bertz CT molecular complexity index is 752. The Morgan fingerprint density at radius 2 is 2.15 bits per heavy atom. The molecule has 2 amide bonds. The van der Waals surface area contributed by atoms with Gasteiger partial charge in [-0.3, -0.25) is 9.59 Å². The molecule has 0 spiro atoms. The number of nitrogens with zero attached hydrogens (tertiary/aromatic N) is 1. The summed E-state index contributed by atoms with van der Waals surface area (Å²) in [6, 6.07) is 9.91. The minimum absolute atomic E-state index is 0. The molecular formula is C18H21Cl2N3O3. The second-order valence-corrected chi connectivity index (χ2v) is 6.42. The molecule has 0 aliphatic carbocycles. The predicted molar refractivity (Wildman–Crippen MR) is 102 cm³/mol. The second kappa shape index (κ2) is 9.07. The number of hydrogen-bond acceptors (Lipinski definition) is 4. The molecule has 2 aromatic rings. The van der Waals surface area contributed by atoms with Crippen molar-refractivity contribution in [1.82, 2.24) is 15.5 Å². The molecule has 2 heterocycles. The van der Waals surface area contributed by atoms with Crippen LogP contribution in [0.2, 0.25) is 5.02 Å². The molecule has 1 saturated heterocycles. The van der Waals surface area contributed by atoms with E-state index in [-0.39, 0.29) is 30.1 Å². The predicted octanol–water partition coefficient (Wildman–Crippen LogP) is 2.65. The van der Waals surface area contributed by atoms with E-state index in [4.69, 9.17) is 16.0 Å². The molecule has 140 valence electrons. The molecule has 0 radical (unpaired) electrons. The number of halogens is 2. The standard InChI is InChI=1S/C18H20ClN3O3.ClH/c1-12(21-17(23)16-6-3-9-25-16)18(24)22-8-7-20-11-15(22)13-4-2-5-14(19)10-13;/h2-6,9-10,12,15,20H,7-8,11H2,1H3,(H,21,23);1H. The maximum atomic E-state index is 12.9. The number of furan rings is 1. The van der Waals surface area contributed by atoms with Crippen LogP contribution in [0.4, 0.5) is 0 Å². The van der Waals surface area contributed by atoms with E-state index in [0.29, 0.717) is 24.7 Å². The summed E-state index contributed by atoms with van der Waals surface area (Å²) in [6.45, 7) is 3.60. The van der Waals surface area contributed by atoms with Crippen molar-refractivity contribution in [3.05, 3.63) is 59.0 Å². The summed E-state index contributed by atoms with van der Waals surface area (Å²) < 4.78 is 5.06. The van der Waals surface area contributed by atoms with Crippen LogP contribution in [-0.2, 0) is 4.79 Å². The summed E-state index contributed by atoms with van der Waals surface area (Å²) in [5.41, 5.74) is 0.970. The highest BCUT2D eigenvalue weighted by molar-refractivity contribution is 6.30. The van der Waals surface area contributed by atoms with Crippen LogP contribution in [-0.4, -0.2) is 42.4 Å². The molecule has 1 aromatic heterocycles.